The molecule has 0 radical (unpaired) electrons. The van der Waals surface area contributed by atoms with Gasteiger partial charge in [0.15, 0.2) is 0 Å². The van der Waals surface area contributed by atoms with Crippen LogP contribution in [0, 0.1) is 0 Å². The quantitative estimate of drug-likeness (QED) is 0.478. The lowest BCUT2D eigenvalue weighted by atomic mass is 10.0. The summed E-state index contributed by atoms with van der Waals surface area (Å²) in [7, 11) is 0. The summed E-state index contributed by atoms with van der Waals surface area (Å²) in [4.78, 5) is 54.2. The molecule has 1 aromatic rings. The van der Waals surface area contributed by atoms with E-state index < -0.39 is 11.8 Å². The number of aliphatic imine (C=N–C) groups is 2. The van der Waals surface area contributed by atoms with Crippen molar-refractivity contribution in [1.29, 1.82) is 0 Å². The number of hydrogen-bond donors (Lipinski definition) is 0. The summed E-state index contributed by atoms with van der Waals surface area (Å²) in [5.41, 5.74) is 3.93. The second kappa shape index (κ2) is 11.8. The first kappa shape index (κ1) is 23.1. The number of anilines is 1. The minimum Gasteiger partial charge on any atom is -0.311 e. The molecule has 0 saturated carbocycles. The van der Waals surface area contributed by atoms with Crippen molar-refractivity contribution in [1.82, 2.24) is 0 Å². The van der Waals surface area contributed by atoms with E-state index in [0.717, 1.165) is 41.4 Å². The van der Waals surface area contributed by atoms with E-state index in [-0.39, 0.29) is 0 Å². The lowest BCUT2D eigenvalue weighted by Gasteiger charge is -2.29. The maximum absolute atomic E-state index is 11.7. The molecule has 3 rings (SSSR count). The van der Waals surface area contributed by atoms with Gasteiger partial charge in [-0.2, -0.15) is 0 Å². The molecule has 0 heterocycles. The van der Waals surface area contributed by atoms with Gasteiger partial charge in [0.25, 0.3) is 11.8 Å². The number of rotatable bonds is 7. The van der Waals surface area contributed by atoms with Crippen LogP contribution < -0.4 is 4.90 Å². The van der Waals surface area contributed by atoms with E-state index >= 15 is 0 Å². The zero-order valence-corrected chi connectivity index (χ0v) is 17.7. The Hall–Kier alpha value is -4.52. The molecule has 2 aliphatic carbocycles. The molecule has 0 fully saturated rings. The minimum atomic E-state index is -0.485. The Morgan fingerprint density at radius 2 is 1.21 bits per heavy atom. The van der Waals surface area contributed by atoms with Crippen LogP contribution in [0.15, 0.2) is 112 Å². The Balaban J connectivity index is 1.82. The van der Waals surface area contributed by atoms with Crippen molar-refractivity contribution in [2.45, 2.75) is 12.8 Å². The molecule has 164 valence electrons. The molecule has 0 spiro atoms. The van der Waals surface area contributed by atoms with E-state index in [1.54, 1.807) is 12.2 Å². The highest BCUT2D eigenvalue weighted by molar-refractivity contribution is 6.08. The smallest absolute Gasteiger partial charge is 0.270 e. The summed E-state index contributed by atoms with van der Waals surface area (Å²) in [5, 5.41) is 0. The van der Waals surface area contributed by atoms with Crippen LogP contribution in [0.1, 0.15) is 12.8 Å². The summed E-state index contributed by atoms with van der Waals surface area (Å²) < 4.78 is 0. The van der Waals surface area contributed by atoms with E-state index in [9.17, 15) is 19.2 Å². The zero-order chi connectivity index (χ0) is 23.5. The maximum atomic E-state index is 11.7. The fraction of sp³-hybridized carbons (Fsp3) is 0.0769. The van der Waals surface area contributed by atoms with Crippen molar-refractivity contribution in [2.24, 2.45) is 9.98 Å². The SMILES string of the molecule is O=C/C=C\C(=O)N=C1C=CC(N(C2=CCC(=NC(=O)/C=C\C=O)C=C2)c2ccccc2)=CC1. The van der Waals surface area contributed by atoms with E-state index in [1.807, 2.05) is 54.6 Å². The third-order valence-electron chi connectivity index (χ3n) is 4.61. The average molecular weight is 439 g/mol. The molecule has 0 N–H and O–H groups in total. The van der Waals surface area contributed by atoms with Gasteiger partial charge >= 0.3 is 0 Å². The van der Waals surface area contributed by atoms with Gasteiger partial charge < -0.3 is 4.90 Å². The molecule has 0 bridgehead atoms. The number of allylic oxidation sites excluding steroid dienone is 8. The lowest BCUT2D eigenvalue weighted by molar-refractivity contribution is -0.114. The van der Waals surface area contributed by atoms with Crippen LogP contribution >= 0.6 is 0 Å². The number of hydrogen-bond acceptors (Lipinski definition) is 5. The van der Waals surface area contributed by atoms with E-state index in [4.69, 9.17) is 0 Å². The summed E-state index contributed by atoms with van der Waals surface area (Å²) in [5.74, 6) is -0.971. The van der Waals surface area contributed by atoms with Crippen LogP contribution in [0.25, 0.3) is 0 Å². The van der Waals surface area contributed by atoms with Crippen molar-refractivity contribution in [3.05, 3.63) is 102 Å². The van der Waals surface area contributed by atoms with Crippen LogP contribution in [0.3, 0.4) is 0 Å². The molecule has 7 heteroatoms. The van der Waals surface area contributed by atoms with Gasteiger partial charge in [-0.25, -0.2) is 9.98 Å². The number of nitrogens with zero attached hydrogens (tertiary/aromatic N) is 3. The number of aldehydes is 2. The van der Waals surface area contributed by atoms with Gasteiger partial charge in [-0.05, 0) is 48.6 Å². The highest BCUT2D eigenvalue weighted by Crippen LogP contribution is 2.29. The van der Waals surface area contributed by atoms with Gasteiger partial charge in [0.2, 0.25) is 0 Å². The molecule has 2 aliphatic rings. The molecule has 0 aromatic heterocycles. The van der Waals surface area contributed by atoms with E-state index in [0.29, 0.717) is 36.8 Å². The van der Waals surface area contributed by atoms with E-state index in [2.05, 4.69) is 14.9 Å². The van der Waals surface area contributed by atoms with Crippen LogP contribution in [0.5, 0.6) is 0 Å². The largest absolute Gasteiger partial charge is 0.311 e. The predicted molar refractivity (Wildman–Crippen MR) is 128 cm³/mol. The molecule has 0 atom stereocenters. The molecule has 0 aliphatic heterocycles. The molecular weight excluding hydrogens is 418 g/mol. The highest BCUT2D eigenvalue weighted by Gasteiger charge is 2.18. The number of carbonyl (C=O) groups excluding carboxylic acids is 4. The first-order valence-corrected chi connectivity index (χ1v) is 10.2. The van der Waals surface area contributed by atoms with Crippen molar-refractivity contribution in [3.63, 3.8) is 0 Å². The van der Waals surface area contributed by atoms with Gasteiger partial charge in [0.05, 0.1) is 0 Å². The average Bonchev–Trinajstić information content (AvgIpc) is 2.84. The standard InChI is InChI=1S/C26H21N3O4/c30-18-4-8-25(32)27-20-10-14-23(15-11-20)29(22-6-2-1-3-7-22)24-16-12-21(13-17-24)28-26(33)9-5-19-31/h1-10,12,14-19H,11,13H2/b8-4-,9-5-,27-20?,28-21?. The third kappa shape index (κ3) is 6.73. The van der Waals surface area contributed by atoms with E-state index in [1.165, 1.54) is 0 Å². The summed E-state index contributed by atoms with van der Waals surface area (Å²) >= 11 is 0. The van der Waals surface area contributed by atoms with Crippen molar-refractivity contribution in [2.75, 3.05) is 4.90 Å². The highest BCUT2D eigenvalue weighted by atomic mass is 16.2. The fourth-order valence-corrected chi connectivity index (χ4v) is 3.18. The molecule has 33 heavy (non-hydrogen) atoms. The monoisotopic (exact) mass is 439 g/mol. The van der Waals surface area contributed by atoms with Crippen LogP contribution in [0.2, 0.25) is 0 Å². The topological polar surface area (TPSA) is 96.2 Å². The normalized spacial score (nSPS) is 17.9. The van der Waals surface area contributed by atoms with Crippen LogP contribution in [-0.4, -0.2) is 35.8 Å². The van der Waals surface area contributed by atoms with Crippen LogP contribution in [0.4, 0.5) is 5.69 Å². The Morgan fingerprint density at radius 1 is 0.727 bits per heavy atom. The number of carbonyl (C=O) groups is 4. The molecule has 7 nitrogen and oxygen atoms in total. The van der Waals surface area contributed by atoms with Gasteiger partial charge in [0.1, 0.15) is 12.6 Å². The first-order valence-electron chi connectivity index (χ1n) is 10.2. The van der Waals surface area contributed by atoms with Crippen molar-refractivity contribution >= 4 is 41.5 Å². The van der Waals surface area contributed by atoms with Crippen molar-refractivity contribution in [3.8, 4) is 0 Å². The zero-order valence-electron chi connectivity index (χ0n) is 17.7. The molecule has 1 aromatic carbocycles. The summed E-state index contributed by atoms with van der Waals surface area (Å²) in [6, 6.07) is 9.79. The van der Waals surface area contributed by atoms with Gasteiger partial charge in [-0.3, -0.25) is 19.2 Å². The maximum Gasteiger partial charge on any atom is 0.270 e. The molecule has 0 unspecified atom stereocenters. The Labute approximate surface area is 191 Å². The molecule has 2 amide bonds. The molecular formula is C26H21N3O4. The van der Waals surface area contributed by atoms with Crippen molar-refractivity contribution < 1.29 is 19.2 Å². The fourth-order valence-electron chi connectivity index (χ4n) is 3.18. The Bertz CT molecular complexity index is 1110. The van der Waals surface area contributed by atoms with Crippen LogP contribution in [-0.2, 0) is 19.2 Å². The second-order valence-electron chi connectivity index (χ2n) is 6.88. The van der Waals surface area contributed by atoms with Gasteiger partial charge in [-0.1, -0.05) is 30.4 Å². The minimum absolute atomic E-state index is 0.455. The Morgan fingerprint density at radius 3 is 1.61 bits per heavy atom. The predicted octanol–water partition coefficient (Wildman–Crippen LogP) is 3.63. The summed E-state index contributed by atoms with van der Waals surface area (Å²) in [6.45, 7) is 0. The summed E-state index contributed by atoms with van der Waals surface area (Å²) in [6.07, 6.45) is 17.7. The Kier molecular flexibility index (Phi) is 8.25. The lowest BCUT2D eigenvalue weighted by Crippen LogP contribution is -2.23. The number of amides is 2. The first-order chi connectivity index (χ1) is 16.1. The number of benzene rings is 1. The molecule has 0 saturated heterocycles. The number of para-hydroxylation sites is 1. The third-order valence-corrected chi connectivity index (χ3v) is 4.61. The van der Waals surface area contributed by atoms with Gasteiger partial charge in [-0.15, -0.1) is 0 Å². The second-order valence-corrected chi connectivity index (χ2v) is 6.88. The van der Waals surface area contributed by atoms with Gasteiger partial charge in [0, 0.05) is 53.5 Å².